The van der Waals surface area contributed by atoms with Crippen molar-refractivity contribution >= 4 is 11.5 Å². The molecule has 4 rings (SSSR count). The van der Waals surface area contributed by atoms with Gasteiger partial charge in [0.25, 0.3) is 0 Å². The monoisotopic (exact) mass is 407 g/mol. The molecule has 3 N–H and O–H groups in total. The summed E-state index contributed by atoms with van der Waals surface area (Å²) < 4.78 is 41.0. The Labute approximate surface area is 164 Å². The number of piperidine rings is 1. The fraction of sp³-hybridized carbons (Fsp3) is 0.444. The molecule has 3 aromatic heterocycles. The molecule has 1 fully saturated rings. The lowest BCUT2D eigenvalue weighted by atomic mass is 10.0. The summed E-state index contributed by atoms with van der Waals surface area (Å²) in [5, 5.41) is 16.6. The molecule has 1 saturated heterocycles. The Morgan fingerprint density at radius 3 is 2.76 bits per heavy atom. The molecule has 4 heterocycles. The number of hydrogen-bond donors (Lipinski definition) is 3. The summed E-state index contributed by atoms with van der Waals surface area (Å²) in [5.41, 5.74) is -2.41. The summed E-state index contributed by atoms with van der Waals surface area (Å²) in [4.78, 5) is 16.6. The van der Waals surface area contributed by atoms with Crippen LogP contribution in [0.1, 0.15) is 25.5 Å². The third kappa shape index (κ3) is 3.75. The lowest BCUT2D eigenvalue weighted by Crippen LogP contribution is -2.40. The van der Waals surface area contributed by atoms with Gasteiger partial charge in [-0.25, -0.2) is 9.97 Å². The number of nitrogens with one attached hydrogen (secondary N) is 2. The van der Waals surface area contributed by atoms with Crippen molar-refractivity contribution in [3.05, 3.63) is 36.7 Å². The first-order valence-corrected chi connectivity index (χ1v) is 9.18. The van der Waals surface area contributed by atoms with Gasteiger partial charge >= 0.3 is 6.18 Å². The van der Waals surface area contributed by atoms with Crippen LogP contribution in [-0.4, -0.2) is 54.8 Å². The van der Waals surface area contributed by atoms with Gasteiger partial charge in [-0.3, -0.25) is 14.4 Å². The van der Waals surface area contributed by atoms with Gasteiger partial charge in [0.05, 0.1) is 36.2 Å². The van der Waals surface area contributed by atoms with Crippen molar-refractivity contribution in [3.8, 4) is 11.4 Å². The Morgan fingerprint density at radius 2 is 2.03 bits per heavy atom. The largest absolute Gasteiger partial charge is 0.422 e. The Bertz CT molecular complexity index is 1010. The van der Waals surface area contributed by atoms with E-state index < -0.39 is 17.5 Å². The molecule has 0 radical (unpaired) electrons. The van der Waals surface area contributed by atoms with Gasteiger partial charge in [-0.05, 0) is 26.3 Å². The van der Waals surface area contributed by atoms with Gasteiger partial charge in [0.15, 0.2) is 5.65 Å². The van der Waals surface area contributed by atoms with E-state index in [0.717, 1.165) is 32.1 Å². The smallest absolute Gasteiger partial charge is 0.375 e. The van der Waals surface area contributed by atoms with Gasteiger partial charge in [-0.2, -0.15) is 13.2 Å². The molecule has 2 atom stereocenters. The summed E-state index contributed by atoms with van der Waals surface area (Å²) in [6.45, 7) is 2.48. The number of hydrogen-bond acceptors (Lipinski definition) is 7. The number of fused-ring (bicyclic) bond motifs is 1. The lowest BCUT2D eigenvalue weighted by Gasteiger charge is -2.25. The zero-order chi connectivity index (χ0) is 20.6. The van der Waals surface area contributed by atoms with E-state index in [1.54, 1.807) is 6.20 Å². The molecule has 0 aromatic carbocycles. The molecular formula is C18H20F3N7O. The number of anilines is 1. The molecule has 8 nitrogen and oxygen atoms in total. The van der Waals surface area contributed by atoms with Crippen LogP contribution in [0.5, 0.6) is 0 Å². The summed E-state index contributed by atoms with van der Waals surface area (Å²) in [7, 11) is 0. The number of imidazole rings is 1. The van der Waals surface area contributed by atoms with E-state index in [1.165, 1.54) is 23.0 Å². The van der Waals surface area contributed by atoms with Crippen LogP contribution in [-0.2, 0) is 5.60 Å². The van der Waals surface area contributed by atoms with Crippen LogP contribution >= 0.6 is 0 Å². The number of nitrogens with zero attached hydrogens (tertiary/aromatic N) is 5. The second-order valence-electron chi connectivity index (χ2n) is 7.19. The average molecular weight is 407 g/mol. The van der Waals surface area contributed by atoms with E-state index in [2.05, 4.69) is 30.6 Å². The first-order valence-electron chi connectivity index (χ1n) is 9.18. The SMILES string of the molecule is C[C@](O)(c1cn2c(-c3cncc(N[C@@H]4CCCNC4)n3)cnc2cn1)C(F)(F)F. The van der Waals surface area contributed by atoms with Crippen molar-refractivity contribution in [2.24, 2.45) is 0 Å². The maximum absolute atomic E-state index is 13.2. The Balaban J connectivity index is 1.69. The quantitative estimate of drug-likeness (QED) is 0.609. The van der Waals surface area contributed by atoms with Gasteiger partial charge in [0.2, 0.25) is 5.60 Å². The molecule has 0 saturated carbocycles. The zero-order valence-corrected chi connectivity index (χ0v) is 15.6. The highest BCUT2D eigenvalue weighted by atomic mass is 19.4. The van der Waals surface area contributed by atoms with E-state index in [4.69, 9.17) is 0 Å². The minimum absolute atomic E-state index is 0.230. The Kier molecular flexibility index (Phi) is 4.87. The minimum Gasteiger partial charge on any atom is -0.375 e. The first-order chi connectivity index (χ1) is 13.8. The minimum atomic E-state index is -4.87. The maximum atomic E-state index is 13.2. The highest BCUT2D eigenvalue weighted by Crippen LogP contribution is 2.37. The van der Waals surface area contributed by atoms with Crippen molar-refractivity contribution in [3.63, 3.8) is 0 Å². The van der Waals surface area contributed by atoms with E-state index in [9.17, 15) is 18.3 Å². The van der Waals surface area contributed by atoms with Crippen LogP contribution in [0, 0.1) is 0 Å². The molecule has 0 amide bonds. The molecule has 154 valence electrons. The molecule has 11 heteroatoms. The molecule has 29 heavy (non-hydrogen) atoms. The van der Waals surface area contributed by atoms with Crippen LogP contribution in [0.25, 0.3) is 17.0 Å². The van der Waals surface area contributed by atoms with Crippen LogP contribution < -0.4 is 10.6 Å². The van der Waals surface area contributed by atoms with Gasteiger partial charge < -0.3 is 15.7 Å². The van der Waals surface area contributed by atoms with E-state index in [0.29, 0.717) is 29.8 Å². The maximum Gasteiger partial charge on any atom is 0.422 e. The van der Waals surface area contributed by atoms with Crippen LogP contribution in [0.15, 0.2) is 31.0 Å². The predicted molar refractivity (Wildman–Crippen MR) is 99.2 cm³/mol. The molecular weight excluding hydrogens is 387 g/mol. The number of alkyl halides is 3. The molecule has 0 bridgehead atoms. The third-order valence-electron chi connectivity index (χ3n) is 4.99. The van der Waals surface area contributed by atoms with E-state index >= 15 is 0 Å². The number of aliphatic hydroxyl groups is 1. The average Bonchev–Trinajstić information content (AvgIpc) is 3.11. The number of halogens is 3. The molecule has 0 aliphatic carbocycles. The second kappa shape index (κ2) is 7.23. The normalized spacial score (nSPS) is 19.8. The highest BCUT2D eigenvalue weighted by molar-refractivity contribution is 5.60. The van der Waals surface area contributed by atoms with Gasteiger partial charge in [0.1, 0.15) is 11.5 Å². The number of rotatable bonds is 4. The standard InChI is InChI=1S/C18H20F3N7O/c1-17(29,18(19,20)21)14-10-28-13(7-25-16(28)9-24-14)12-6-23-8-15(27-12)26-11-3-2-4-22-5-11/h6-11,22,29H,2-5H2,1H3,(H,26,27)/t11-,17+/m1/s1. The van der Waals surface area contributed by atoms with Crippen molar-refractivity contribution in [2.45, 2.75) is 37.6 Å². The third-order valence-corrected chi connectivity index (χ3v) is 4.99. The van der Waals surface area contributed by atoms with E-state index in [1.807, 2.05) is 0 Å². The molecule has 3 aromatic rings. The van der Waals surface area contributed by atoms with Crippen LogP contribution in [0.2, 0.25) is 0 Å². The summed E-state index contributed by atoms with van der Waals surface area (Å²) in [6, 6.07) is 0.230. The second-order valence-corrected chi connectivity index (χ2v) is 7.19. The van der Waals surface area contributed by atoms with Crippen LogP contribution in [0.4, 0.5) is 19.0 Å². The lowest BCUT2D eigenvalue weighted by molar-refractivity contribution is -0.260. The van der Waals surface area contributed by atoms with Crippen molar-refractivity contribution < 1.29 is 18.3 Å². The predicted octanol–water partition coefficient (Wildman–Crippen LogP) is 2.12. The fourth-order valence-corrected chi connectivity index (χ4v) is 3.22. The topological polar surface area (TPSA) is 100 Å². The Morgan fingerprint density at radius 1 is 1.21 bits per heavy atom. The van der Waals surface area contributed by atoms with Gasteiger partial charge in [-0.15, -0.1) is 0 Å². The van der Waals surface area contributed by atoms with Gasteiger partial charge in [0, 0.05) is 18.8 Å². The molecule has 0 spiro atoms. The molecule has 1 aliphatic heterocycles. The molecule has 1 aliphatic rings. The zero-order valence-electron chi connectivity index (χ0n) is 15.6. The van der Waals surface area contributed by atoms with Crippen molar-refractivity contribution in [1.82, 2.24) is 29.7 Å². The van der Waals surface area contributed by atoms with E-state index in [-0.39, 0.29) is 6.04 Å². The van der Waals surface area contributed by atoms with Crippen molar-refractivity contribution in [1.29, 1.82) is 0 Å². The summed E-state index contributed by atoms with van der Waals surface area (Å²) in [6.07, 6.45) is 4.10. The van der Waals surface area contributed by atoms with Crippen LogP contribution in [0.3, 0.4) is 0 Å². The number of aromatic nitrogens is 5. The summed E-state index contributed by atoms with van der Waals surface area (Å²) in [5.74, 6) is 0.572. The molecule has 0 unspecified atom stereocenters. The fourth-order valence-electron chi connectivity index (χ4n) is 3.22. The Hall–Kier alpha value is -2.79. The highest BCUT2D eigenvalue weighted by Gasteiger charge is 2.52. The van der Waals surface area contributed by atoms with Crippen molar-refractivity contribution in [2.75, 3.05) is 18.4 Å². The first kappa shape index (κ1) is 19.5. The summed E-state index contributed by atoms with van der Waals surface area (Å²) >= 11 is 0. The van der Waals surface area contributed by atoms with Gasteiger partial charge in [-0.1, -0.05) is 0 Å².